The van der Waals surface area contributed by atoms with Gasteiger partial charge in [0.05, 0.1) is 18.3 Å². The van der Waals surface area contributed by atoms with Crippen molar-refractivity contribution < 1.29 is 9.84 Å². The summed E-state index contributed by atoms with van der Waals surface area (Å²) in [5.41, 5.74) is 3.14. The first-order chi connectivity index (χ1) is 12.4. The van der Waals surface area contributed by atoms with Crippen LogP contribution in [0.5, 0.6) is 5.75 Å². The molecule has 3 aromatic rings. The maximum Gasteiger partial charge on any atom is 0.262 e. The number of aliphatic hydroxyl groups excluding tert-OH is 1. The van der Waals surface area contributed by atoms with Gasteiger partial charge in [0.15, 0.2) is 0 Å². The molecule has 138 valence electrons. The van der Waals surface area contributed by atoms with E-state index in [1.807, 2.05) is 32.9 Å². The molecule has 0 aliphatic rings. The summed E-state index contributed by atoms with van der Waals surface area (Å²) in [5.74, 6) is 0.801. The number of hydrogen-bond donors (Lipinski definition) is 1. The van der Waals surface area contributed by atoms with Gasteiger partial charge in [-0.05, 0) is 49.9 Å². The average Bonchev–Trinajstić information content (AvgIpc) is 3.05. The highest BCUT2D eigenvalue weighted by Gasteiger charge is 2.14. The van der Waals surface area contributed by atoms with Gasteiger partial charge in [0.25, 0.3) is 5.56 Å². The van der Waals surface area contributed by atoms with Gasteiger partial charge in [0.1, 0.15) is 23.3 Å². The number of aryl methyl sites for hydroxylation is 3. The number of ether oxygens (including phenoxy) is 1. The van der Waals surface area contributed by atoms with Crippen LogP contribution in [0.25, 0.3) is 10.2 Å². The Morgan fingerprint density at radius 2 is 2.00 bits per heavy atom. The Labute approximate surface area is 156 Å². The predicted molar refractivity (Wildman–Crippen MR) is 105 cm³/mol. The van der Waals surface area contributed by atoms with Gasteiger partial charge in [-0.15, -0.1) is 11.3 Å². The quantitative estimate of drug-likeness (QED) is 0.720. The van der Waals surface area contributed by atoms with E-state index in [4.69, 9.17) is 4.74 Å². The van der Waals surface area contributed by atoms with Crippen molar-refractivity contribution in [3.8, 4) is 5.75 Å². The Bertz CT molecular complexity index is 991. The van der Waals surface area contributed by atoms with Crippen LogP contribution in [0.4, 0.5) is 0 Å². The van der Waals surface area contributed by atoms with Crippen molar-refractivity contribution in [3.63, 3.8) is 0 Å². The van der Waals surface area contributed by atoms with Gasteiger partial charge < -0.3 is 9.84 Å². The molecule has 0 amide bonds. The molecule has 5 nitrogen and oxygen atoms in total. The normalized spacial score (nSPS) is 12.5. The molecule has 0 radical (unpaired) electrons. The van der Waals surface area contributed by atoms with E-state index in [2.05, 4.69) is 18.0 Å². The number of aromatic nitrogens is 2. The molecule has 0 saturated heterocycles. The first-order valence-electron chi connectivity index (χ1n) is 8.76. The predicted octanol–water partition coefficient (Wildman–Crippen LogP) is 3.39. The standard InChI is InChI=1S/C20H24N2O3S/c1-5-16-8-17-19(26-16)21-11-22(20(17)24)9-15(23)10-25-18-13(3)7-6-12(2)14(18)4/h6-8,11,15,23H,5,9-10H2,1-4H3/t15-/m1/s1. The third-order valence-electron chi connectivity index (χ3n) is 4.62. The Hall–Kier alpha value is -2.18. The van der Waals surface area contributed by atoms with Crippen molar-refractivity contribution in [1.29, 1.82) is 0 Å². The lowest BCUT2D eigenvalue weighted by molar-refractivity contribution is 0.0908. The van der Waals surface area contributed by atoms with Gasteiger partial charge in [0, 0.05) is 4.88 Å². The second-order valence-electron chi connectivity index (χ2n) is 6.61. The van der Waals surface area contributed by atoms with E-state index in [1.54, 1.807) is 0 Å². The summed E-state index contributed by atoms with van der Waals surface area (Å²) in [5, 5.41) is 11.0. The lowest BCUT2D eigenvalue weighted by atomic mass is 10.1. The van der Waals surface area contributed by atoms with Gasteiger partial charge in [0.2, 0.25) is 0 Å². The molecule has 1 N–H and O–H groups in total. The van der Waals surface area contributed by atoms with Gasteiger partial charge in [-0.3, -0.25) is 9.36 Å². The lowest BCUT2D eigenvalue weighted by Crippen LogP contribution is -2.30. The third-order valence-corrected chi connectivity index (χ3v) is 5.81. The van der Waals surface area contributed by atoms with Crippen LogP contribution < -0.4 is 10.3 Å². The molecular formula is C20H24N2O3S. The van der Waals surface area contributed by atoms with Crippen molar-refractivity contribution in [2.45, 2.75) is 46.8 Å². The maximum atomic E-state index is 12.6. The highest BCUT2D eigenvalue weighted by atomic mass is 32.1. The molecule has 0 aliphatic heterocycles. The fourth-order valence-corrected chi connectivity index (χ4v) is 3.85. The number of benzene rings is 1. The van der Waals surface area contributed by atoms with E-state index in [0.29, 0.717) is 5.39 Å². The minimum absolute atomic E-state index is 0.118. The van der Waals surface area contributed by atoms with Gasteiger partial charge in [-0.1, -0.05) is 19.1 Å². The number of rotatable bonds is 6. The van der Waals surface area contributed by atoms with E-state index in [-0.39, 0.29) is 18.7 Å². The summed E-state index contributed by atoms with van der Waals surface area (Å²) >= 11 is 1.54. The molecule has 2 heterocycles. The summed E-state index contributed by atoms with van der Waals surface area (Å²) in [4.78, 5) is 18.8. The molecule has 0 saturated carbocycles. The molecule has 1 aromatic carbocycles. The summed E-state index contributed by atoms with van der Waals surface area (Å²) in [6, 6.07) is 5.96. The Balaban J connectivity index is 1.73. The van der Waals surface area contributed by atoms with Crippen molar-refractivity contribution in [2.75, 3.05) is 6.61 Å². The number of thiophene rings is 1. The summed E-state index contributed by atoms with van der Waals surface area (Å²) in [7, 11) is 0. The zero-order valence-corrected chi connectivity index (χ0v) is 16.4. The summed E-state index contributed by atoms with van der Waals surface area (Å²) in [6.45, 7) is 8.36. The van der Waals surface area contributed by atoms with E-state index in [9.17, 15) is 9.90 Å². The highest BCUT2D eigenvalue weighted by molar-refractivity contribution is 7.18. The van der Waals surface area contributed by atoms with E-state index in [1.165, 1.54) is 22.2 Å². The molecule has 0 unspecified atom stereocenters. The molecule has 2 aromatic heterocycles. The second kappa shape index (κ2) is 7.60. The van der Waals surface area contributed by atoms with Crippen molar-refractivity contribution in [2.24, 2.45) is 0 Å². The van der Waals surface area contributed by atoms with Crippen LogP contribution in [0, 0.1) is 20.8 Å². The molecule has 6 heteroatoms. The minimum atomic E-state index is -0.796. The topological polar surface area (TPSA) is 64.4 Å². The van der Waals surface area contributed by atoms with Gasteiger partial charge >= 0.3 is 0 Å². The highest BCUT2D eigenvalue weighted by Crippen LogP contribution is 2.26. The van der Waals surface area contributed by atoms with Crippen molar-refractivity contribution in [1.82, 2.24) is 9.55 Å². The monoisotopic (exact) mass is 372 g/mol. The molecule has 0 bridgehead atoms. The van der Waals surface area contributed by atoms with Crippen molar-refractivity contribution >= 4 is 21.6 Å². The average molecular weight is 372 g/mol. The van der Waals surface area contributed by atoms with Crippen LogP contribution in [0.15, 0.2) is 29.3 Å². The largest absolute Gasteiger partial charge is 0.490 e. The first kappa shape index (κ1) is 18.6. The number of hydrogen-bond acceptors (Lipinski definition) is 5. The SMILES string of the molecule is CCc1cc2c(=O)n(C[C@@H](O)COc3c(C)ccc(C)c3C)cnc2s1. The fourth-order valence-electron chi connectivity index (χ4n) is 2.92. The zero-order chi connectivity index (χ0) is 18.8. The fraction of sp³-hybridized carbons (Fsp3) is 0.400. The zero-order valence-electron chi connectivity index (χ0n) is 15.6. The van der Waals surface area contributed by atoms with E-state index >= 15 is 0 Å². The van der Waals surface area contributed by atoms with Crippen LogP contribution in [-0.2, 0) is 13.0 Å². The molecule has 0 fully saturated rings. The molecule has 26 heavy (non-hydrogen) atoms. The molecule has 3 rings (SSSR count). The third kappa shape index (κ3) is 3.66. The smallest absolute Gasteiger partial charge is 0.262 e. The van der Waals surface area contributed by atoms with E-state index < -0.39 is 6.10 Å². The van der Waals surface area contributed by atoms with Crippen LogP contribution >= 0.6 is 11.3 Å². The molecule has 0 spiro atoms. The van der Waals surface area contributed by atoms with Crippen LogP contribution in [0.1, 0.15) is 28.5 Å². The van der Waals surface area contributed by atoms with E-state index in [0.717, 1.165) is 38.6 Å². The van der Waals surface area contributed by atoms with Crippen molar-refractivity contribution in [3.05, 3.63) is 56.4 Å². The number of nitrogens with zero attached hydrogens (tertiary/aromatic N) is 2. The first-order valence-corrected chi connectivity index (χ1v) is 9.57. The molecule has 0 aliphatic carbocycles. The van der Waals surface area contributed by atoms with Crippen LogP contribution in [-0.4, -0.2) is 27.4 Å². The van der Waals surface area contributed by atoms with Gasteiger partial charge in [-0.25, -0.2) is 4.98 Å². The number of fused-ring (bicyclic) bond motifs is 1. The van der Waals surface area contributed by atoms with Gasteiger partial charge in [-0.2, -0.15) is 0 Å². The summed E-state index contributed by atoms with van der Waals surface area (Å²) in [6.07, 6.45) is 1.59. The molecule has 1 atom stereocenters. The Kier molecular flexibility index (Phi) is 5.44. The minimum Gasteiger partial charge on any atom is -0.490 e. The van der Waals surface area contributed by atoms with Crippen LogP contribution in [0.3, 0.4) is 0 Å². The van der Waals surface area contributed by atoms with Crippen LogP contribution in [0.2, 0.25) is 0 Å². The Morgan fingerprint density at radius 3 is 2.73 bits per heavy atom. The second-order valence-corrected chi connectivity index (χ2v) is 7.72. The maximum absolute atomic E-state index is 12.6. The molecular weight excluding hydrogens is 348 g/mol. The Morgan fingerprint density at radius 1 is 1.27 bits per heavy atom. The summed E-state index contributed by atoms with van der Waals surface area (Å²) < 4.78 is 7.30. The lowest BCUT2D eigenvalue weighted by Gasteiger charge is -2.17. The number of aliphatic hydroxyl groups is 1.